The number of halogens is 2. The maximum absolute atomic E-state index is 14.3. The van der Waals surface area contributed by atoms with E-state index in [4.69, 9.17) is 0 Å². The van der Waals surface area contributed by atoms with Gasteiger partial charge in [0, 0.05) is 16.1 Å². The van der Waals surface area contributed by atoms with Crippen molar-refractivity contribution in [1.29, 1.82) is 0 Å². The van der Waals surface area contributed by atoms with E-state index in [9.17, 15) is 4.39 Å². The Hall–Kier alpha value is -0.450. The average Bonchev–Trinajstić information content (AvgIpc) is 2.53. The van der Waals surface area contributed by atoms with Crippen LogP contribution in [-0.4, -0.2) is 32.1 Å². The molecule has 106 valence electrons. The molecule has 2 rings (SSSR count). The van der Waals surface area contributed by atoms with Gasteiger partial charge >= 0.3 is 0 Å². The minimum absolute atomic E-state index is 0.103. The minimum Gasteiger partial charge on any atom is -0.319 e. The number of nitrogens with one attached hydrogen (secondary N) is 1. The van der Waals surface area contributed by atoms with Gasteiger partial charge in [0.15, 0.2) is 0 Å². The summed E-state index contributed by atoms with van der Waals surface area (Å²) in [5.41, 5.74) is 0.827. The third kappa shape index (κ3) is 3.56. The average molecular weight is 329 g/mol. The molecular weight excluding hydrogens is 307 g/mol. The van der Waals surface area contributed by atoms with Gasteiger partial charge in [0.1, 0.15) is 5.82 Å². The Morgan fingerprint density at radius 1 is 1.42 bits per heavy atom. The Morgan fingerprint density at radius 2 is 2.21 bits per heavy atom. The summed E-state index contributed by atoms with van der Waals surface area (Å²) in [6, 6.07) is 5.61. The Kier molecular flexibility index (Phi) is 5.37. The molecule has 1 aliphatic heterocycles. The van der Waals surface area contributed by atoms with E-state index in [0.717, 1.165) is 29.5 Å². The molecule has 1 fully saturated rings. The lowest BCUT2D eigenvalue weighted by Crippen LogP contribution is -2.34. The Balaban J connectivity index is 2.34. The highest BCUT2D eigenvalue weighted by Crippen LogP contribution is 2.35. The van der Waals surface area contributed by atoms with Gasteiger partial charge in [-0.3, -0.25) is 4.90 Å². The third-order valence-electron chi connectivity index (χ3n) is 4.00. The molecule has 1 heterocycles. The van der Waals surface area contributed by atoms with Gasteiger partial charge in [0.25, 0.3) is 0 Å². The van der Waals surface area contributed by atoms with Gasteiger partial charge in [-0.2, -0.15) is 0 Å². The van der Waals surface area contributed by atoms with E-state index in [0.29, 0.717) is 5.92 Å². The number of nitrogens with zero attached hydrogens (tertiary/aromatic N) is 1. The molecule has 1 aliphatic rings. The van der Waals surface area contributed by atoms with Crippen LogP contribution in [0.25, 0.3) is 0 Å². The maximum Gasteiger partial charge on any atom is 0.129 e. The van der Waals surface area contributed by atoms with Crippen molar-refractivity contribution < 1.29 is 4.39 Å². The first kappa shape index (κ1) is 14.9. The van der Waals surface area contributed by atoms with Gasteiger partial charge in [-0.25, -0.2) is 4.39 Å². The van der Waals surface area contributed by atoms with Crippen molar-refractivity contribution in [2.24, 2.45) is 5.92 Å². The molecule has 1 N–H and O–H groups in total. The van der Waals surface area contributed by atoms with Gasteiger partial charge in [-0.05, 0) is 58.1 Å². The Morgan fingerprint density at radius 3 is 2.89 bits per heavy atom. The highest BCUT2D eigenvalue weighted by molar-refractivity contribution is 9.10. The number of hydrogen-bond acceptors (Lipinski definition) is 2. The fourth-order valence-electron chi connectivity index (χ4n) is 3.13. The second-order valence-electron chi connectivity index (χ2n) is 5.40. The van der Waals surface area contributed by atoms with Crippen LogP contribution in [0.3, 0.4) is 0 Å². The Bertz CT molecular complexity index is 425. The zero-order chi connectivity index (χ0) is 13.8. The molecule has 4 heteroatoms. The van der Waals surface area contributed by atoms with Crippen molar-refractivity contribution in [1.82, 2.24) is 10.2 Å². The molecular formula is C15H22BrFN2. The zero-order valence-electron chi connectivity index (χ0n) is 11.6. The monoisotopic (exact) mass is 328 g/mol. The predicted octanol–water partition coefficient (Wildman–Crippen LogP) is 3.58. The standard InChI is InChI=1S/C15H22BrFN2/c1-18-10-11-5-3-4-8-19(2)15(11)13-7-6-12(16)9-14(13)17/h6-7,9,11,15,18H,3-5,8,10H2,1-2H3. The van der Waals surface area contributed by atoms with Crippen molar-refractivity contribution in [2.45, 2.75) is 25.3 Å². The summed E-state index contributed by atoms with van der Waals surface area (Å²) in [5, 5.41) is 3.26. The quantitative estimate of drug-likeness (QED) is 0.912. The third-order valence-corrected chi connectivity index (χ3v) is 4.50. The first-order valence-corrected chi connectivity index (χ1v) is 7.72. The van der Waals surface area contributed by atoms with E-state index in [-0.39, 0.29) is 11.9 Å². The van der Waals surface area contributed by atoms with Crippen molar-refractivity contribution >= 4 is 15.9 Å². The predicted molar refractivity (Wildman–Crippen MR) is 80.7 cm³/mol. The van der Waals surface area contributed by atoms with E-state index in [1.165, 1.54) is 12.8 Å². The summed E-state index contributed by atoms with van der Waals surface area (Å²) in [7, 11) is 4.08. The molecule has 0 saturated carbocycles. The fourth-order valence-corrected chi connectivity index (χ4v) is 3.47. The summed E-state index contributed by atoms with van der Waals surface area (Å²) in [5.74, 6) is 0.363. The number of rotatable bonds is 3. The fraction of sp³-hybridized carbons (Fsp3) is 0.600. The van der Waals surface area contributed by atoms with Crippen molar-refractivity contribution in [2.75, 3.05) is 27.2 Å². The maximum atomic E-state index is 14.3. The molecule has 0 aliphatic carbocycles. The second-order valence-corrected chi connectivity index (χ2v) is 6.32. The minimum atomic E-state index is -0.103. The summed E-state index contributed by atoms with van der Waals surface area (Å²) in [6.45, 7) is 1.98. The van der Waals surface area contributed by atoms with Gasteiger partial charge < -0.3 is 5.32 Å². The first-order valence-electron chi connectivity index (χ1n) is 6.93. The van der Waals surface area contributed by atoms with Gasteiger partial charge in [0.05, 0.1) is 0 Å². The zero-order valence-corrected chi connectivity index (χ0v) is 13.2. The smallest absolute Gasteiger partial charge is 0.129 e. The molecule has 0 bridgehead atoms. The molecule has 2 nitrogen and oxygen atoms in total. The molecule has 0 spiro atoms. The highest BCUT2D eigenvalue weighted by atomic mass is 79.9. The van der Waals surface area contributed by atoms with Crippen LogP contribution in [0, 0.1) is 11.7 Å². The molecule has 0 aromatic heterocycles. The van der Waals surface area contributed by atoms with Crippen LogP contribution < -0.4 is 5.32 Å². The van der Waals surface area contributed by atoms with Crippen molar-refractivity contribution in [3.63, 3.8) is 0 Å². The molecule has 19 heavy (non-hydrogen) atoms. The van der Waals surface area contributed by atoms with E-state index < -0.39 is 0 Å². The molecule has 2 atom stereocenters. The first-order chi connectivity index (χ1) is 9.13. The molecule has 2 unspecified atom stereocenters. The van der Waals surface area contributed by atoms with E-state index in [1.54, 1.807) is 6.07 Å². The number of likely N-dealkylation sites (tertiary alicyclic amines) is 1. The lowest BCUT2D eigenvalue weighted by molar-refractivity contribution is 0.186. The van der Waals surface area contributed by atoms with Crippen LogP contribution >= 0.6 is 15.9 Å². The summed E-state index contributed by atoms with van der Waals surface area (Å²) >= 11 is 3.33. The molecule has 1 saturated heterocycles. The van der Waals surface area contributed by atoms with Gasteiger partial charge in [0.2, 0.25) is 0 Å². The van der Waals surface area contributed by atoms with Gasteiger partial charge in [-0.1, -0.05) is 28.4 Å². The number of hydrogen-bond donors (Lipinski definition) is 1. The number of benzene rings is 1. The molecule has 1 aromatic carbocycles. The molecule has 0 amide bonds. The summed E-state index contributed by atoms with van der Waals surface area (Å²) in [6.07, 6.45) is 3.59. The molecule has 0 radical (unpaired) electrons. The van der Waals surface area contributed by atoms with Crippen LogP contribution in [0.5, 0.6) is 0 Å². The largest absolute Gasteiger partial charge is 0.319 e. The van der Waals surface area contributed by atoms with Crippen molar-refractivity contribution in [3.05, 3.63) is 34.1 Å². The van der Waals surface area contributed by atoms with E-state index in [2.05, 4.69) is 33.2 Å². The van der Waals surface area contributed by atoms with Gasteiger partial charge in [-0.15, -0.1) is 0 Å². The van der Waals surface area contributed by atoms with Crippen molar-refractivity contribution in [3.8, 4) is 0 Å². The normalized spacial score (nSPS) is 25.3. The highest BCUT2D eigenvalue weighted by Gasteiger charge is 2.30. The SMILES string of the molecule is CNCC1CCCCN(C)C1c1ccc(Br)cc1F. The van der Waals surface area contributed by atoms with Crippen LogP contribution in [0.15, 0.2) is 22.7 Å². The Labute approximate surface area is 123 Å². The van der Waals surface area contributed by atoms with Crippen LogP contribution in [0.1, 0.15) is 30.9 Å². The second kappa shape index (κ2) is 6.82. The summed E-state index contributed by atoms with van der Waals surface area (Å²) < 4.78 is 15.1. The van der Waals surface area contributed by atoms with Crippen LogP contribution in [0.2, 0.25) is 0 Å². The lowest BCUT2D eigenvalue weighted by Gasteiger charge is -2.33. The molecule has 1 aromatic rings. The van der Waals surface area contributed by atoms with E-state index >= 15 is 0 Å². The van der Waals surface area contributed by atoms with Crippen LogP contribution in [-0.2, 0) is 0 Å². The summed E-state index contributed by atoms with van der Waals surface area (Å²) in [4.78, 5) is 2.31. The topological polar surface area (TPSA) is 15.3 Å². The van der Waals surface area contributed by atoms with E-state index in [1.807, 2.05) is 19.2 Å². The lowest BCUT2D eigenvalue weighted by atomic mass is 9.89. The van der Waals surface area contributed by atoms with Crippen LogP contribution in [0.4, 0.5) is 4.39 Å².